The zero-order valence-electron chi connectivity index (χ0n) is 12.5. The van der Waals surface area contributed by atoms with Crippen LogP contribution in [0.2, 0.25) is 0 Å². The molecule has 1 aromatic carbocycles. The highest BCUT2D eigenvalue weighted by molar-refractivity contribution is 5.96. The number of hydrogen-bond donors (Lipinski definition) is 1. The van der Waals surface area contributed by atoms with Crippen LogP contribution in [0.3, 0.4) is 0 Å². The minimum Gasteiger partial charge on any atom is -0.491 e. The fourth-order valence-electron chi connectivity index (χ4n) is 2.63. The van der Waals surface area contributed by atoms with E-state index in [2.05, 4.69) is 9.97 Å². The number of carboxylic acid groups (broad SMARTS) is 1. The number of aromatic nitrogens is 2. The largest absolute Gasteiger partial charge is 0.491 e. The third-order valence-electron chi connectivity index (χ3n) is 3.69. The summed E-state index contributed by atoms with van der Waals surface area (Å²) in [6.45, 7) is 2.03. The molecule has 2 aromatic rings. The Morgan fingerprint density at radius 3 is 2.74 bits per heavy atom. The second-order valence-electron chi connectivity index (χ2n) is 5.12. The number of aliphatic carboxylic acids is 1. The fourth-order valence-corrected chi connectivity index (χ4v) is 2.63. The first-order chi connectivity index (χ1) is 11.1. The zero-order valence-corrected chi connectivity index (χ0v) is 12.5. The molecule has 7 nitrogen and oxygen atoms in total. The highest BCUT2D eigenvalue weighted by Crippen LogP contribution is 2.33. The van der Waals surface area contributed by atoms with E-state index in [1.54, 1.807) is 31.2 Å². The Morgan fingerprint density at radius 2 is 2.00 bits per heavy atom. The lowest BCUT2D eigenvalue weighted by molar-refractivity contribution is -0.142. The zero-order chi connectivity index (χ0) is 16.4. The maximum absolute atomic E-state index is 12.8. The molecule has 0 aliphatic carbocycles. The number of rotatable bonds is 2. The van der Waals surface area contributed by atoms with Crippen molar-refractivity contribution in [3.8, 4) is 5.75 Å². The molecule has 7 heteroatoms. The normalized spacial score (nSPS) is 16.9. The van der Waals surface area contributed by atoms with E-state index in [-0.39, 0.29) is 18.8 Å². The first-order valence-electron chi connectivity index (χ1n) is 7.12. The highest BCUT2D eigenvalue weighted by atomic mass is 16.5. The molecule has 0 spiro atoms. The summed E-state index contributed by atoms with van der Waals surface area (Å²) >= 11 is 0. The Morgan fingerprint density at radius 1 is 1.26 bits per heavy atom. The first kappa shape index (κ1) is 15.0. The lowest BCUT2D eigenvalue weighted by atomic mass is 10.0. The summed E-state index contributed by atoms with van der Waals surface area (Å²) in [5.74, 6) is -1.10. The maximum Gasteiger partial charge on any atom is 0.331 e. The summed E-state index contributed by atoms with van der Waals surface area (Å²) in [6.07, 6.45) is 2.90. The number of fused-ring (bicyclic) bond motifs is 1. The molecule has 1 aliphatic rings. The average molecular weight is 313 g/mol. The first-order valence-corrected chi connectivity index (χ1v) is 7.12. The molecule has 3 rings (SSSR count). The predicted octanol–water partition coefficient (Wildman–Crippen LogP) is 1.45. The van der Waals surface area contributed by atoms with Crippen molar-refractivity contribution in [1.82, 2.24) is 14.9 Å². The van der Waals surface area contributed by atoms with Crippen LogP contribution in [-0.2, 0) is 4.79 Å². The maximum atomic E-state index is 12.8. The second kappa shape index (κ2) is 6.04. The van der Waals surface area contributed by atoms with E-state index >= 15 is 0 Å². The average Bonchev–Trinajstić information content (AvgIpc) is 2.74. The van der Waals surface area contributed by atoms with Gasteiger partial charge in [0.25, 0.3) is 5.91 Å². The SMILES string of the molecule is Cc1nccnc1C(=O)N1CCOc2ccccc2C1C(=O)O. The van der Waals surface area contributed by atoms with Gasteiger partial charge in [0, 0.05) is 18.0 Å². The van der Waals surface area contributed by atoms with Gasteiger partial charge in [-0.25, -0.2) is 9.78 Å². The number of carboxylic acids is 1. The summed E-state index contributed by atoms with van der Waals surface area (Å²) < 4.78 is 5.58. The van der Waals surface area contributed by atoms with Gasteiger partial charge in [-0.1, -0.05) is 18.2 Å². The molecule has 2 heterocycles. The molecule has 1 aromatic heterocycles. The topological polar surface area (TPSA) is 92.6 Å². The van der Waals surface area contributed by atoms with E-state index in [0.717, 1.165) is 0 Å². The molecular weight excluding hydrogens is 298 g/mol. The number of ether oxygens (including phenoxy) is 1. The van der Waals surface area contributed by atoms with Crippen molar-refractivity contribution in [2.75, 3.05) is 13.2 Å². The Labute approximate surface area is 132 Å². The number of carbonyl (C=O) groups excluding carboxylic acids is 1. The lowest BCUT2D eigenvalue weighted by Crippen LogP contribution is -2.40. The number of carbonyl (C=O) groups is 2. The second-order valence-corrected chi connectivity index (χ2v) is 5.12. The molecule has 0 saturated carbocycles. The molecule has 118 valence electrons. The number of aryl methyl sites for hydroxylation is 1. The molecule has 1 unspecified atom stereocenters. The van der Waals surface area contributed by atoms with Crippen molar-refractivity contribution in [2.24, 2.45) is 0 Å². The third kappa shape index (κ3) is 2.73. The summed E-state index contributed by atoms with van der Waals surface area (Å²) in [5.41, 5.74) is 1.06. The van der Waals surface area contributed by atoms with Crippen LogP contribution in [-0.4, -0.2) is 45.0 Å². The molecular formula is C16H15N3O4. The minimum atomic E-state index is -1.12. The predicted molar refractivity (Wildman–Crippen MR) is 80.1 cm³/mol. The van der Waals surface area contributed by atoms with Crippen molar-refractivity contribution in [2.45, 2.75) is 13.0 Å². The molecule has 1 amide bonds. The molecule has 23 heavy (non-hydrogen) atoms. The van der Waals surface area contributed by atoms with Gasteiger partial charge in [0.2, 0.25) is 0 Å². The van der Waals surface area contributed by atoms with Gasteiger partial charge in [0.15, 0.2) is 6.04 Å². The van der Waals surface area contributed by atoms with Crippen LogP contribution in [0.5, 0.6) is 5.75 Å². The van der Waals surface area contributed by atoms with Gasteiger partial charge in [-0.05, 0) is 13.0 Å². The van der Waals surface area contributed by atoms with E-state index in [9.17, 15) is 14.7 Å². The van der Waals surface area contributed by atoms with Crippen molar-refractivity contribution in [3.05, 3.63) is 53.6 Å². The summed E-state index contributed by atoms with van der Waals surface area (Å²) in [7, 11) is 0. The molecule has 1 N–H and O–H groups in total. The van der Waals surface area contributed by atoms with Crippen molar-refractivity contribution in [3.63, 3.8) is 0 Å². The number of nitrogens with zero attached hydrogens (tertiary/aromatic N) is 3. The van der Waals surface area contributed by atoms with Gasteiger partial charge >= 0.3 is 5.97 Å². The molecule has 0 fully saturated rings. The highest BCUT2D eigenvalue weighted by Gasteiger charge is 2.36. The fraction of sp³-hybridized carbons (Fsp3) is 0.250. The molecule has 0 saturated heterocycles. The Kier molecular flexibility index (Phi) is 3.92. The van der Waals surface area contributed by atoms with E-state index < -0.39 is 17.9 Å². The minimum absolute atomic E-state index is 0.151. The van der Waals surface area contributed by atoms with Crippen molar-refractivity contribution >= 4 is 11.9 Å². The number of para-hydroxylation sites is 1. The van der Waals surface area contributed by atoms with Crippen molar-refractivity contribution < 1.29 is 19.4 Å². The van der Waals surface area contributed by atoms with Gasteiger partial charge in [0.1, 0.15) is 18.1 Å². The van der Waals surface area contributed by atoms with Crippen LogP contribution in [0.4, 0.5) is 0 Å². The van der Waals surface area contributed by atoms with Crippen LogP contribution < -0.4 is 4.74 Å². The molecule has 0 radical (unpaired) electrons. The van der Waals surface area contributed by atoms with E-state index in [4.69, 9.17) is 4.74 Å². The van der Waals surface area contributed by atoms with E-state index in [1.165, 1.54) is 17.3 Å². The molecule has 1 aliphatic heterocycles. The quantitative estimate of drug-likeness (QED) is 0.902. The van der Waals surface area contributed by atoms with Gasteiger partial charge in [0.05, 0.1) is 12.2 Å². The number of benzene rings is 1. The standard InChI is InChI=1S/C16H15N3O4/c1-10-13(18-7-6-17-10)15(20)19-8-9-23-12-5-3-2-4-11(12)14(19)16(21)22/h2-7,14H,8-9H2,1H3,(H,21,22). The number of amides is 1. The van der Waals surface area contributed by atoms with Gasteiger partial charge in [-0.3, -0.25) is 9.78 Å². The van der Waals surface area contributed by atoms with Gasteiger partial charge in [-0.2, -0.15) is 0 Å². The lowest BCUT2D eigenvalue weighted by Gasteiger charge is -2.26. The van der Waals surface area contributed by atoms with Gasteiger partial charge in [-0.15, -0.1) is 0 Å². The molecule has 0 bridgehead atoms. The summed E-state index contributed by atoms with van der Waals surface area (Å²) in [6, 6.07) is 5.72. The van der Waals surface area contributed by atoms with Crippen LogP contribution in [0.15, 0.2) is 36.7 Å². The molecule has 1 atom stereocenters. The monoisotopic (exact) mass is 313 g/mol. The summed E-state index contributed by atoms with van der Waals surface area (Å²) in [4.78, 5) is 34.0. The van der Waals surface area contributed by atoms with Crippen LogP contribution in [0, 0.1) is 6.92 Å². The third-order valence-corrected chi connectivity index (χ3v) is 3.69. The summed E-state index contributed by atoms with van der Waals surface area (Å²) in [5, 5.41) is 9.66. The Bertz CT molecular complexity index is 762. The number of hydrogen-bond acceptors (Lipinski definition) is 5. The van der Waals surface area contributed by atoms with E-state index in [1.807, 2.05) is 0 Å². The Balaban J connectivity index is 2.06. The van der Waals surface area contributed by atoms with Gasteiger partial charge < -0.3 is 14.7 Å². The van der Waals surface area contributed by atoms with Crippen LogP contribution in [0.1, 0.15) is 27.8 Å². The van der Waals surface area contributed by atoms with Crippen LogP contribution >= 0.6 is 0 Å². The van der Waals surface area contributed by atoms with Crippen LogP contribution in [0.25, 0.3) is 0 Å². The van der Waals surface area contributed by atoms with E-state index in [0.29, 0.717) is 17.0 Å². The van der Waals surface area contributed by atoms with Crippen molar-refractivity contribution in [1.29, 1.82) is 0 Å². The smallest absolute Gasteiger partial charge is 0.331 e. The Hall–Kier alpha value is -2.96.